The normalized spacial score (nSPS) is 11.1. The summed E-state index contributed by atoms with van der Waals surface area (Å²) in [5.74, 6) is 0. The number of nitrogens with two attached hydrogens (primary N) is 1. The largest absolute Gasteiger partial charge is 0.447 e. The molecule has 0 aromatic heterocycles. The lowest BCUT2D eigenvalue weighted by Gasteiger charge is -2.18. The average Bonchev–Trinajstić information content (AvgIpc) is 2.00. The van der Waals surface area contributed by atoms with Gasteiger partial charge in [0.25, 0.3) is 0 Å². The quantitative estimate of drug-likeness (QED) is 0.603. The molecule has 0 aliphatic carbocycles. The number of carbonyl (C=O) groups is 1. The molecule has 3 N–H and O–H groups in total. The van der Waals surface area contributed by atoms with E-state index in [4.69, 9.17) is 15.2 Å². The molecule has 0 fully saturated rings. The Morgan fingerprint density at radius 1 is 1.46 bits per heavy atom. The van der Waals surface area contributed by atoms with Gasteiger partial charge in [0.2, 0.25) is 0 Å². The molecule has 5 heteroatoms. The van der Waals surface area contributed by atoms with Crippen molar-refractivity contribution in [2.24, 2.45) is 5.73 Å². The second-order valence-corrected chi connectivity index (χ2v) is 3.47. The van der Waals surface area contributed by atoms with Crippen LogP contribution in [-0.2, 0) is 9.47 Å². The van der Waals surface area contributed by atoms with Crippen LogP contribution in [0.25, 0.3) is 0 Å². The molecular formula is C8H18N2O3. The topological polar surface area (TPSA) is 73.6 Å². The summed E-state index contributed by atoms with van der Waals surface area (Å²) in [4.78, 5) is 10.9. The average molecular weight is 190 g/mol. The molecule has 0 aliphatic rings. The first kappa shape index (κ1) is 12.2. The van der Waals surface area contributed by atoms with Crippen molar-refractivity contribution in [3.8, 4) is 0 Å². The summed E-state index contributed by atoms with van der Waals surface area (Å²) in [5.41, 5.74) is 5.23. The highest BCUT2D eigenvalue weighted by atomic mass is 16.6. The number of amides is 1. The van der Waals surface area contributed by atoms with Crippen molar-refractivity contribution in [1.29, 1.82) is 0 Å². The third kappa shape index (κ3) is 9.10. The molecule has 13 heavy (non-hydrogen) atoms. The van der Waals surface area contributed by atoms with Crippen LogP contribution in [0.4, 0.5) is 4.79 Å². The maximum absolute atomic E-state index is 10.9. The molecule has 5 nitrogen and oxygen atoms in total. The number of alkyl carbamates (subject to hydrolysis) is 1. The zero-order valence-corrected chi connectivity index (χ0v) is 8.42. The highest BCUT2D eigenvalue weighted by molar-refractivity contribution is 5.67. The molecule has 78 valence electrons. The van der Waals surface area contributed by atoms with E-state index in [0.717, 1.165) is 0 Å². The maximum atomic E-state index is 10.9. The Kier molecular flexibility index (Phi) is 5.41. The highest BCUT2D eigenvalue weighted by Gasteiger charge is 2.12. The predicted molar refractivity (Wildman–Crippen MR) is 49.5 cm³/mol. The van der Waals surface area contributed by atoms with Gasteiger partial charge in [-0.2, -0.15) is 0 Å². The van der Waals surface area contributed by atoms with Crippen LogP contribution in [0.3, 0.4) is 0 Å². The Labute approximate surface area is 78.6 Å². The van der Waals surface area contributed by atoms with Gasteiger partial charge in [-0.15, -0.1) is 0 Å². The Hall–Kier alpha value is -0.810. The molecule has 0 aromatic rings. The molecule has 0 saturated heterocycles. The summed E-state index contributed by atoms with van der Waals surface area (Å²) in [7, 11) is 1.55. The second-order valence-electron chi connectivity index (χ2n) is 3.47. The fourth-order valence-corrected chi connectivity index (χ4v) is 0.569. The summed E-state index contributed by atoms with van der Waals surface area (Å²) < 4.78 is 9.46. The molecule has 0 saturated carbocycles. The van der Waals surface area contributed by atoms with E-state index < -0.39 is 11.6 Å². The van der Waals surface area contributed by atoms with Gasteiger partial charge in [0.15, 0.2) is 0 Å². The molecular weight excluding hydrogens is 172 g/mol. The third-order valence-electron chi connectivity index (χ3n) is 1.21. The van der Waals surface area contributed by atoms with Gasteiger partial charge in [0.05, 0.1) is 6.61 Å². The van der Waals surface area contributed by atoms with E-state index in [-0.39, 0.29) is 6.61 Å². The summed E-state index contributed by atoms with van der Waals surface area (Å²) in [6, 6.07) is 0. The van der Waals surface area contributed by atoms with Gasteiger partial charge >= 0.3 is 6.09 Å². The number of hydrogen-bond acceptors (Lipinski definition) is 4. The summed E-state index contributed by atoms with van der Waals surface area (Å²) in [6.07, 6.45) is -0.462. The third-order valence-corrected chi connectivity index (χ3v) is 1.21. The predicted octanol–water partition coefficient (Wildman–Crippen LogP) is 0.0963. The second kappa shape index (κ2) is 5.77. The molecule has 0 spiro atoms. The van der Waals surface area contributed by atoms with Gasteiger partial charge in [-0.1, -0.05) is 0 Å². The zero-order chi connectivity index (χ0) is 10.3. The molecule has 0 aliphatic heterocycles. The Morgan fingerprint density at radius 2 is 2.08 bits per heavy atom. The van der Waals surface area contributed by atoms with Crippen LogP contribution in [0.2, 0.25) is 0 Å². The number of hydrogen-bond donors (Lipinski definition) is 2. The fraction of sp³-hybridized carbons (Fsp3) is 0.875. The first-order chi connectivity index (χ1) is 5.95. The van der Waals surface area contributed by atoms with E-state index in [9.17, 15) is 4.79 Å². The van der Waals surface area contributed by atoms with Crippen molar-refractivity contribution >= 4 is 6.09 Å². The van der Waals surface area contributed by atoms with Crippen LogP contribution in [0.5, 0.6) is 0 Å². The highest BCUT2D eigenvalue weighted by Crippen LogP contribution is 1.92. The van der Waals surface area contributed by atoms with E-state index in [0.29, 0.717) is 13.2 Å². The molecule has 0 unspecified atom stereocenters. The number of carbonyl (C=O) groups excluding carboxylic acids is 1. The first-order valence-corrected chi connectivity index (χ1v) is 4.14. The first-order valence-electron chi connectivity index (χ1n) is 4.14. The minimum absolute atomic E-state index is 0.257. The van der Waals surface area contributed by atoms with Gasteiger partial charge in [-0.25, -0.2) is 4.79 Å². The van der Waals surface area contributed by atoms with Crippen LogP contribution in [0.15, 0.2) is 0 Å². The van der Waals surface area contributed by atoms with E-state index >= 15 is 0 Å². The molecule has 0 rings (SSSR count). The van der Waals surface area contributed by atoms with Crippen molar-refractivity contribution in [2.45, 2.75) is 19.4 Å². The Bertz CT molecular complexity index is 154. The molecule has 1 amide bonds. The minimum Gasteiger partial charge on any atom is -0.447 e. The van der Waals surface area contributed by atoms with E-state index in [1.807, 2.05) is 13.8 Å². The van der Waals surface area contributed by atoms with Gasteiger partial charge < -0.3 is 20.5 Å². The van der Waals surface area contributed by atoms with Crippen LogP contribution in [0.1, 0.15) is 13.8 Å². The SMILES string of the molecule is COCCOC(=O)NCC(C)(C)N. The fourth-order valence-electron chi connectivity index (χ4n) is 0.569. The molecule has 0 aromatic carbocycles. The van der Waals surface area contributed by atoms with Gasteiger partial charge in [0, 0.05) is 19.2 Å². The van der Waals surface area contributed by atoms with E-state index in [1.54, 1.807) is 7.11 Å². The van der Waals surface area contributed by atoms with Crippen molar-refractivity contribution in [2.75, 3.05) is 26.9 Å². The number of rotatable bonds is 5. The lowest BCUT2D eigenvalue weighted by molar-refractivity contribution is 0.0977. The van der Waals surface area contributed by atoms with Gasteiger partial charge in [-0.3, -0.25) is 0 Å². The van der Waals surface area contributed by atoms with Crippen molar-refractivity contribution in [1.82, 2.24) is 5.32 Å². The molecule has 0 bridgehead atoms. The van der Waals surface area contributed by atoms with Crippen molar-refractivity contribution in [3.05, 3.63) is 0 Å². The van der Waals surface area contributed by atoms with Crippen molar-refractivity contribution < 1.29 is 14.3 Å². The molecule has 0 radical (unpaired) electrons. The van der Waals surface area contributed by atoms with E-state index in [1.165, 1.54) is 0 Å². The lowest BCUT2D eigenvalue weighted by atomic mass is 10.1. The van der Waals surface area contributed by atoms with Crippen LogP contribution >= 0.6 is 0 Å². The van der Waals surface area contributed by atoms with Crippen molar-refractivity contribution in [3.63, 3.8) is 0 Å². The standard InChI is InChI=1S/C8H18N2O3/c1-8(2,9)6-10-7(11)13-5-4-12-3/h4-6,9H2,1-3H3,(H,10,11). The van der Waals surface area contributed by atoms with Crippen LogP contribution in [0, 0.1) is 0 Å². The summed E-state index contributed by atoms with van der Waals surface area (Å²) >= 11 is 0. The Morgan fingerprint density at radius 3 is 2.54 bits per heavy atom. The van der Waals surface area contributed by atoms with Gasteiger partial charge in [0.1, 0.15) is 6.61 Å². The Balaban J connectivity index is 3.41. The summed E-state index contributed by atoms with van der Waals surface area (Å²) in [6.45, 7) is 4.69. The monoisotopic (exact) mass is 190 g/mol. The smallest absolute Gasteiger partial charge is 0.407 e. The van der Waals surface area contributed by atoms with Gasteiger partial charge in [-0.05, 0) is 13.8 Å². The lowest BCUT2D eigenvalue weighted by Crippen LogP contribution is -2.45. The molecule has 0 atom stereocenters. The van der Waals surface area contributed by atoms with Crippen LogP contribution < -0.4 is 11.1 Å². The zero-order valence-electron chi connectivity index (χ0n) is 8.42. The van der Waals surface area contributed by atoms with Crippen LogP contribution in [-0.4, -0.2) is 38.5 Å². The summed E-state index contributed by atoms with van der Waals surface area (Å²) in [5, 5.41) is 2.54. The number of methoxy groups -OCH3 is 1. The number of ether oxygens (including phenoxy) is 2. The maximum Gasteiger partial charge on any atom is 0.407 e. The minimum atomic E-state index is -0.462. The van der Waals surface area contributed by atoms with E-state index in [2.05, 4.69) is 5.32 Å². The molecule has 0 heterocycles. The number of nitrogens with one attached hydrogen (secondary N) is 1.